The van der Waals surface area contributed by atoms with Gasteiger partial charge in [-0.05, 0) is 43.5 Å². The van der Waals surface area contributed by atoms with Crippen molar-refractivity contribution in [3.8, 4) is 0 Å². The molecule has 0 unspecified atom stereocenters. The van der Waals surface area contributed by atoms with E-state index >= 15 is 0 Å². The summed E-state index contributed by atoms with van der Waals surface area (Å²) in [6.07, 6.45) is 3.28. The van der Waals surface area contributed by atoms with E-state index in [2.05, 4.69) is 35.1 Å². The van der Waals surface area contributed by atoms with Gasteiger partial charge in [0.25, 0.3) is 0 Å². The summed E-state index contributed by atoms with van der Waals surface area (Å²) in [5, 5.41) is 3.38. The van der Waals surface area contributed by atoms with Crippen LogP contribution in [0.4, 0.5) is 4.39 Å². The lowest BCUT2D eigenvalue weighted by molar-refractivity contribution is 0.557. The highest BCUT2D eigenvalue weighted by molar-refractivity contribution is 9.10. The van der Waals surface area contributed by atoms with Crippen LogP contribution >= 0.6 is 15.9 Å². The highest BCUT2D eigenvalue weighted by Gasteiger charge is 2.01. The molecule has 0 radical (unpaired) electrons. The van der Waals surface area contributed by atoms with E-state index in [9.17, 15) is 4.39 Å². The molecule has 0 fully saturated rings. The number of nitrogens with one attached hydrogen (secondary N) is 1. The van der Waals surface area contributed by atoms with Crippen molar-refractivity contribution in [3.63, 3.8) is 0 Å². The molecule has 1 aromatic carbocycles. The molecule has 1 aromatic rings. The standard InChI is InChI=1S/C13H19BrFN/c1-10(2)16-8-4-3-5-11-6-7-12(15)9-13(11)14/h6-7,9-10,16H,3-5,8H2,1-2H3. The molecule has 0 aliphatic heterocycles. The Kier molecular flexibility index (Phi) is 5.99. The maximum Gasteiger partial charge on any atom is 0.124 e. The second-order valence-corrected chi connectivity index (χ2v) is 5.16. The number of benzene rings is 1. The van der Waals surface area contributed by atoms with Gasteiger partial charge in [0, 0.05) is 10.5 Å². The fourth-order valence-corrected chi connectivity index (χ4v) is 2.10. The Balaban J connectivity index is 2.27. The zero-order valence-corrected chi connectivity index (χ0v) is 11.5. The van der Waals surface area contributed by atoms with Gasteiger partial charge in [-0.3, -0.25) is 0 Å². The predicted molar refractivity (Wildman–Crippen MR) is 70.2 cm³/mol. The molecule has 0 heterocycles. The Morgan fingerprint density at radius 3 is 2.69 bits per heavy atom. The van der Waals surface area contributed by atoms with Crippen molar-refractivity contribution in [1.29, 1.82) is 0 Å². The summed E-state index contributed by atoms with van der Waals surface area (Å²) in [4.78, 5) is 0. The maximum absolute atomic E-state index is 12.8. The van der Waals surface area contributed by atoms with Gasteiger partial charge in [-0.15, -0.1) is 0 Å². The molecular weight excluding hydrogens is 269 g/mol. The predicted octanol–water partition coefficient (Wildman–Crippen LogP) is 3.91. The molecule has 90 valence electrons. The van der Waals surface area contributed by atoms with E-state index in [0.29, 0.717) is 6.04 Å². The fraction of sp³-hybridized carbons (Fsp3) is 0.538. The number of unbranched alkanes of at least 4 members (excludes halogenated alkanes) is 1. The first kappa shape index (κ1) is 13.7. The summed E-state index contributed by atoms with van der Waals surface area (Å²) >= 11 is 3.38. The topological polar surface area (TPSA) is 12.0 Å². The van der Waals surface area contributed by atoms with E-state index in [4.69, 9.17) is 0 Å². The summed E-state index contributed by atoms with van der Waals surface area (Å²) in [7, 11) is 0. The summed E-state index contributed by atoms with van der Waals surface area (Å²) in [6.45, 7) is 5.35. The first-order valence-corrected chi connectivity index (χ1v) is 6.56. The van der Waals surface area contributed by atoms with Gasteiger partial charge in [-0.2, -0.15) is 0 Å². The van der Waals surface area contributed by atoms with Crippen molar-refractivity contribution in [2.45, 2.75) is 39.2 Å². The zero-order valence-electron chi connectivity index (χ0n) is 9.89. The highest BCUT2D eigenvalue weighted by atomic mass is 79.9. The number of hydrogen-bond donors (Lipinski definition) is 1. The molecular formula is C13H19BrFN. The third-order valence-electron chi connectivity index (χ3n) is 2.44. The molecule has 1 nitrogen and oxygen atoms in total. The van der Waals surface area contributed by atoms with Crippen LogP contribution in [0.3, 0.4) is 0 Å². The summed E-state index contributed by atoms with van der Waals surface area (Å²) < 4.78 is 13.7. The average Bonchev–Trinajstić information content (AvgIpc) is 2.20. The molecule has 0 aromatic heterocycles. The van der Waals surface area contributed by atoms with Crippen LogP contribution in [0.15, 0.2) is 22.7 Å². The van der Waals surface area contributed by atoms with Crippen molar-refractivity contribution in [3.05, 3.63) is 34.1 Å². The molecule has 0 atom stereocenters. The Morgan fingerprint density at radius 1 is 1.31 bits per heavy atom. The first-order chi connectivity index (χ1) is 7.59. The quantitative estimate of drug-likeness (QED) is 0.783. The minimum absolute atomic E-state index is 0.183. The minimum Gasteiger partial charge on any atom is -0.315 e. The Bertz CT molecular complexity index is 326. The van der Waals surface area contributed by atoms with Crippen LogP contribution in [-0.2, 0) is 6.42 Å². The Labute approximate surface area is 106 Å². The van der Waals surface area contributed by atoms with Crippen LogP contribution in [0, 0.1) is 5.82 Å². The Hall–Kier alpha value is -0.410. The van der Waals surface area contributed by atoms with Crippen molar-refractivity contribution in [1.82, 2.24) is 5.32 Å². The smallest absolute Gasteiger partial charge is 0.124 e. The lowest BCUT2D eigenvalue weighted by Crippen LogP contribution is -2.23. The molecule has 0 aliphatic carbocycles. The van der Waals surface area contributed by atoms with Gasteiger partial charge in [-0.1, -0.05) is 35.8 Å². The van der Waals surface area contributed by atoms with Gasteiger partial charge in [0.05, 0.1) is 0 Å². The number of halogens is 2. The monoisotopic (exact) mass is 287 g/mol. The van der Waals surface area contributed by atoms with Crippen molar-refractivity contribution >= 4 is 15.9 Å². The van der Waals surface area contributed by atoms with Gasteiger partial charge >= 0.3 is 0 Å². The Morgan fingerprint density at radius 2 is 2.06 bits per heavy atom. The molecule has 3 heteroatoms. The molecule has 0 amide bonds. The maximum atomic E-state index is 12.8. The molecule has 0 aliphatic rings. The minimum atomic E-state index is -0.183. The summed E-state index contributed by atoms with van der Waals surface area (Å²) in [6, 6.07) is 5.46. The first-order valence-electron chi connectivity index (χ1n) is 5.77. The van der Waals surface area contributed by atoms with E-state index in [1.165, 1.54) is 17.7 Å². The van der Waals surface area contributed by atoms with Crippen molar-refractivity contribution < 1.29 is 4.39 Å². The van der Waals surface area contributed by atoms with Gasteiger partial charge < -0.3 is 5.32 Å². The largest absolute Gasteiger partial charge is 0.315 e. The van der Waals surface area contributed by atoms with Crippen LogP contribution in [0.5, 0.6) is 0 Å². The third kappa shape index (κ3) is 5.08. The second kappa shape index (κ2) is 7.02. The number of rotatable bonds is 6. The summed E-state index contributed by atoms with van der Waals surface area (Å²) in [5.74, 6) is -0.183. The number of hydrogen-bond acceptors (Lipinski definition) is 1. The van der Waals surface area contributed by atoms with Gasteiger partial charge in [-0.25, -0.2) is 4.39 Å². The molecule has 1 N–H and O–H groups in total. The lowest BCUT2D eigenvalue weighted by atomic mass is 10.1. The van der Waals surface area contributed by atoms with E-state index in [1.807, 2.05) is 6.07 Å². The molecule has 0 bridgehead atoms. The molecule has 16 heavy (non-hydrogen) atoms. The van der Waals surface area contributed by atoms with E-state index in [0.717, 1.165) is 30.3 Å². The summed E-state index contributed by atoms with van der Waals surface area (Å²) in [5.41, 5.74) is 1.19. The van der Waals surface area contributed by atoms with E-state index in [-0.39, 0.29) is 5.82 Å². The van der Waals surface area contributed by atoms with Crippen molar-refractivity contribution in [2.24, 2.45) is 0 Å². The average molecular weight is 288 g/mol. The molecule has 0 saturated heterocycles. The van der Waals surface area contributed by atoms with Crippen LogP contribution in [0.1, 0.15) is 32.3 Å². The molecule has 1 rings (SSSR count). The lowest BCUT2D eigenvalue weighted by Gasteiger charge is -2.08. The normalized spacial score (nSPS) is 11.1. The van der Waals surface area contributed by atoms with Crippen LogP contribution in [0.25, 0.3) is 0 Å². The molecule has 0 spiro atoms. The third-order valence-corrected chi connectivity index (χ3v) is 3.18. The zero-order chi connectivity index (χ0) is 12.0. The van der Waals surface area contributed by atoms with Crippen molar-refractivity contribution in [2.75, 3.05) is 6.54 Å². The number of aryl methyl sites for hydroxylation is 1. The van der Waals surface area contributed by atoms with Gasteiger partial charge in [0.1, 0.15) is 5.82 Å². The van der Waals surface area contributed by atoms with Crippen LogP contribution < -0.4 is 5.32 Å². The highest BCUT2D eigenvalue weighted by Crippen LogP contribution is 2.19. The van der Waals surface area contributed by atoms with Crippen LogP contribution in [0.2, 0.25) is 0 Å². The van der Waals surface area contributed by atoms with Gasteiger partial charge in [0.15, 0.2) is 0 Å². The second-order valence-electron chi connectivity index (χ2n) is 4.30. The van der Waals surface area contributed by atoms with Crippen LogP contribution in [-0.4, -0.2) is 12.6 Å². The fourth-order valence-electron chi connectivity index (χ4n) is 1.56. The molecule has 0 saturated carbocycles. The van der Waals surface area contributed by atoms with Gasteiger partial charge in [0.2, 0.25) is 0 Å². The van der Waals surface area contributed by atoms with E-state index < -0.39 is 0 Å². The van der Waals surface area contributed by atoms with E-state index in [1.54, 1.807) is 0 Å². The SMILES string of the molecule is CC(C)NCCCCc1ccc(F)cc1Br.